The summed E-state index contributed by atoms with van der Waals surface area (Å²) < 4.78 is 0. The summed E-state index contributed by atoms with van der Waals surface area (Å²) in [4.78, 5) is 4.51. The average molecular weight is 233 g/mol. The normalized spacial score (nSPS) is 14.5. The number of hydrazine groups is 1. The number of benzene rings is 1. The van der Waals surface area contributed by atoms with Gasteiger partial charge in [-0.05, 0) is 23.5 Å². The van der Waals surface area contributed by atoms with E-state index in [-0.39, 0.29) is 5.41 Å². The summed E-state index contributed by atoms with van der Waals surface area (Å²) in [7, 11) is 0. The first-order valence-corrected chi connectivity index (χ1v) is 6.02. The molecule has 0 aliphatic heterocycles. The van der Waals surface area contributed by atoms with Crippen LogP contribution in [0.4, 0.5) is 5.69 Å². The van der Waals surface area contributed by atoms with E-state index in [1.807, 2.05) is 30.3 Å². The highest BCUT2D eigenvalue weighted by Crippen LogP contribution is 2.28. The molecule has 1 aromatic rings. The van der Waals surface area contributed by atoms with E-state index < -0.39 is 0 Å². The van der Waals surface area contributed by atoms with Crippen LogP contribution < -0.4 is 11.3 Å². The first kappa shape index (κ1) is 13.7. The van der Waals surface area contributed by atoms with Crippen LogP contribution >= 0.6 is 0 Å². The molecular weight excluding hydrogens is 210 g/mol. The monoisotopic (exact) mass is 233 g/mol. The molecule has 0 aromatic heterocycles. The third kappa shape index (κ3) is 4.57. The lowest BCUT2D eigenvalue weighted by atomic mass is 9.80. The van der Waals surface area contributed by atoms with Crippen molar-refractivity contribution in [1.82, 2.24) is 5.43 Å². The van der Waals surface area contributed by atoms with E-state index in [4.69, 9.17) is 5.84 Å². The van der Waals surface area contributed by atoms with Crippen LogP contribution in [0, 0.1) is 11.3 Å². The van der Waals surface area contributed by atoms with E-state index in [1.54, 1.807) is 0 Å². The predicted octanol–water partition coefficient (Wildman–Crippen LogP) is 3.25. The van der Waals surface area contributed by atoms with Crippen LogP contribution in [-0.4, -0.2) is 5.84 Å². The molecule has 0 heterocycles. The highest BCUT2D eigenvalue weighted by Gasteiger charge is 2.21. The van der Waals surface area contributed by atoms with Crippen molar-refractivity contribution in [1.29, 1.82) is 0 Å². The van der Waals surface area contributed by atoms with E-state index in [2.05, 4.69) is 38.1 Å². The molecule has 1 atom stereocenters. The van der Waals surface area contributed by atoms with Gasteiger partial charge in [-0.15, -0.1) is 0 Å². The smallest absolute Gasteiger partial charge is 0.116 e. The van der Waals surface area contributed by atoms with Gasteiger partial charge >= 0.3 is 0 Å². The van der Waals surface area contributed by atoms with Crippen LogP contribution in [0.3, 0.4) is 0 Å². The Labute approximate surface area is 104 Å². The Bertz CT molecular complexity index is 363. The lowest BCUT2D eigenvalue weighted by molar-refractivity contribution is 0.268. The Morgan fingerprint density at radius 3 is 2.35 bits per heavy atom. The van der Waals surface area contributed by atoms with Crippen molar-refractivity contribution in [3.63, 3.8) is 0 Å². The first-order chi connectivity index (χ1) is 7.93. The van der Waals surface area contributed by atoms with Crippen molar-refractivity contribution in [3.8, 4) is 0 Å². The number of nitrogens with two attached hydrogens (primary N) is 1. The number of rotatable bonds is 3. The molecule has 1 rings (SSSR count). The zero-order valence-electron chi connectivity index (χ0n) is 11.2. The fraction of sp³-hybridized carbons (Fsp3) is 0.500. The fourth-order valence-electron chi connectivity index (χ4n) is 1.39. The number of amidine groups is 1. The number of hydrogen-bond acceptors (Lipinski definition) is 2. The first-order valence-electron chi connectivity index (χ1n) is 6.02. The molecule has 0 spiro atoms. The van der Waals surface area contributed by atoms with Gasteiger partial charge in [-0.1, -0.05) is 45.9 Å². The molecule has 0 aliphatic rings. The zero-order chi connectivity index (χ0) is 12.9. The highest BCUT2D eigenvalue weighted by molar-refractivity contribution is 5.84. The van der Waals surface area contributed by atoms with E-state index in [9.17, 15) is 0 Å². The van der Waals surface area contributed by atoms with Crippen LogP contribution in [-0.2, 0) is 0 Å². The maximum Gasteiger partial charge on any atom is 0.116 e. The summed E-state index contributed by atoms with van der Waals surface area (Å²) in [6, 6.07) is 9.87. The summed E-state index contributed by atoms with van der Waals surface area (Å²) in [5, 5.41) is 0. The van der Waals surface area contributed by atoms with Gasteiger partial charge in [0, 0.05) is 6.42 Å². The van der Waals surface area contributed by atoms with Gasteiger partial charge in [-0.25, -0.2) is 10.8 Å². The molecule has 1 aromatic carbocycles. The Morgan fingerprint density at radius 1 is 1.29 bits per heavy atom. The van der Waals surface area contributed by atoms with Gasteiger partial charge in [-0.3, -0.25) is 0 Å². The van der Waals surface area contributed by atoms with Crippen LogP contribution in [0.1, 0.15) is 34.1 Å². The van der Waals surface area contributed by atoms with Gasteiger partial charge in [0.15, 0.2) is 0 Å². The molecule has 94 valence electrons. The van der Waals surface area contributed by atoms with Crippen molar-refractivity contribution in [2.24, 2.45) is 22.2 Å². The number of hydrogen-bond donors (Lipinski definition) is 2. The second kappa shape index (κ2) is 5.82. The molecule has 17 heavy (non-hydrogen) atoms. The van der Waals surface area contributed by atoms with Gasteiger partial charge in [-0.2, -0.15) is 0 Å². The molecule has 3 nitrogen and oxygen atoms in total. The summed E-state index contributed by atoms with van der Waals surface area (Å²) in [5.41, 5.74) is 3.89. The lowest BCUT2D eigenvalue weighted by Crippen LogP contribution is -2.33. The van der Waals surface area contributed by atoms with E-state index in [0.29, 0.717) is 5.92 Å². The maximum absolute atomic E-state index is 5.53. The summed E-state index contributed by atoms with van der Waals surface area (Å²) >= 11 is 0. The molecule has 0 aliphatic carbocycles. The molecule has 0 fully saturated rings. The van der Waals surface area contributed by atoms with Gasteiger partial charge < -0.3 is 5.43 Å². The SMILES string of the molecule is CC(CC(=Nc1ccccc1)NN)C(C)(C)C. The number of nitrogens with zero attached hydrogens (tertiary/aromatic N) is 1. The zero-order valence-corrected chi connectivity index (χ0v) is 11.2. The van der Waals surface area contributed by atoms with E-state index in [1.165, 1.54) is 0 Å². The average Bonchev–Trinajstić information content (AvgIpc) is 2.28. The molecule has 3 N–H and O–H groups in total. The van der Waals surface area contributed by atoms with Gasteiger partial charge in [0.1, 0.15) is 5.84 Å². The van der Waals surface area contributed by atoms with E-state index >= 15 is 0 Å². The third-order valence-corrected chi connectivity index (χ3v) is 3.16. The number of aliphatic imine (C=N–C) groups is 1. The minimum atomic E-state index is 0.258. The maximum atomic E-state index is 5.53. The van der Waals surface area contributed by atoms with Crippen molar-refractivity contribution in [2.45, 2.75) is 34.1 Å². The van der Waals surface area contributed by atoms with Gasteiger partial charge in [0.2, 0.25) is 0 Å². The summed E-state index contributed by atoms with van der Waals surface area (Å²) in [6.07, 6.45) is 0.856. The number of nitrogens with one attached hydrogen (secondary N) is 1. The largest absolute Gasteiger partial charge is 0.312 e. The predicted molar refractivity (Wildman–Crippen MR) is 74.1 cm³/mol. The fourth-order valence-corrected chi connectivity index (χ4v) is 1.39. The highest BCUT2D eigenvalue weighted by atomic mass is 15.2. The van der Waals surface area contributed by atoms with Crippen molar-refractivity contribution < 1.29 is 0 Å². The van der Waals surface area contributed by atoms with Crippen LogP contribution in [0.2, 0.25) is 0 Å². The summed E-state index contributed by atoms with van der Waals surface area (Å²) in [6.45, 7) is 8.91. The van der Waals surface area contributed by atoms with Crippen molar-refractivity contribution >= 4 is 11.5 Å². The standard InChI is InChI=1S/C14H23N3/c1-11(14(2,3)4)10-13(17-15)16-12-8-6-5-7-9-12/h5-9,11H,10,15H2,1-4H3,(H,16,17). The Hall–Kier alpha value is -1.35. The van der Waals surface area contributed by atoms with Crippen LogP contribution in [0.5, 0.6) is 0 Å². The number of para-hydroxylation sites is 1. The van der Waals surface area contributed by atoms with Gasteiger partial charge in [0.25, 0.3) is 0 Å². The molecule has 0 amide bonds. The topological polar surface area (TPSA) is 50.4 Å². The van der Waals surface area contributed by atoms with Crippen molar-refractivity contribution in [3.05, 3.63) is 30.3 Å². The Balaban J connectivity index is 2.76. The van der Waals surface area contributed by atoms with Gasteiger partial charge in [0.05, 0.1) is 5.69 Å². The van der Waals surface area contributed by atoms with Crippen molar-refractivity contribution in [2.75, 3.05) is 0 Å². The Kier molecular flexibility index (Phi) is 4.70. The minimum absolute atomic E-state index is 0.258. The molecule has 0 saturated heterocycles. The molecule has 3 heteroatoms. The second-order valence-corrected chi connectivity index (χ2v) is 5.51. The molecule has 0 saturated carbocycles. The van der Waals surface area contributed by atoms with Crippen LogP contribution in [0.15, 0.2) is 35.3 Å². The minimum Gasteiger partial charge on any atom is -0.312 e. The third-order valence-electron chi connectivity index (χ3n) is 3.16. The second-order valence-electron chi connectivity index (χ2n) is 5.51. The Morgan fingerprint density at radius 2 is 1.88 bits per heavy atom. The molecular formula is C14H23N3. The molecule has 1 unspecified atom stereocenters. The van der Waals surface area contributed by atoms with Crippen LogP contribution in [0.25, 0.3) is 0 Å². The molecule has 0 radical (unpaired) electrons. The quantitative estimate of drug-likeness (QED) is 0.364. The lowest BCUT2D eigenvalue weighted by Gasteiger charge is -2.27. The van der Waals surface area contributed by atoms with E-state index in [0.717, 1.165) is 17.9 Å². The molecule has 0 bridgehead atoms. The summed E-state index contributed by atoms with van der Waals surface area (Å²) in [5.74, 6) is 6.88.